The van der Waals surface area contributed by atoms with Gasteiger partial charge in [0, 0.05) is 54.0 Å². The Morgan fingerprint density at radius 3 is 2.20 bits per heavy atom. The van der Waals surface area contributed by atoms with Crippen molar-refractivity contribution < 1.29 is 9.53 Å². The molecule has 1 fully saturated rings. The number of aliphatic imine (C=N–C) groups is 1. The minimum absolute atomic E-state index is 0.307. The summed E-state index contributed by atoms with van der Waals surface area (Å²) in [7, 11) is 1.66. The highest BCUT2D eigenvalue weighted by atomic mass is 35.5. The summed E-state index contributed by atoms with van der Waals surface area (Å²) in [5, 5.41) is 6.30. The van der Waals surface area contributed by atoms with Gasteiger partial charge in [0.15, 0.2) is 0 Å². The first kappa shape index (κ1) is 24.3. The fourth-order valence-corrected chi connectivity index (χ4v) is 3.92. The molecule has 0 saturated carbocycles. The van der Waals surface area contributed by atoms with Crippen LogP contribution in [-0.2, 0) is 0 Å². The second kappa shape index (κ2) is 11.1. The van der Waals surface area contributed by atoms with E-state index in [9.17, 15) is 4.79 Å². The molecule has 10 heteroatoms. The molecule has 0 aliphatic carbocycles. The monoisotopic (exact) mass is 493 g/mol. The first-order valence-corrected chi connectivity index (χ1v) is 11.7. The molecule has 35 heavy (non-hydrogen) atoms. The van der Waals surface area contributed by atoms with Gasteiger partial charge in [0.25, 0.3) is 5.95 Å². The largest absolute Gasteiger partial charge is 0.497 e. The lowest BCUT2D eigenvalue weighted by Gasteiger charge is -2.37. The zero-order chi connectivity index (χ0) is 24.8. The third kappa shape index (κ3) is 6.60. The summed E-state index contributed by atoms with van der Waals surface area (Å²) < 4.78 is 5.26. The molecular formula is C25H28ClN7O2. The molecule has 2 N–H and O–H groups in total. The Balaban J connectivity index is 1.50. The highest BCUT2D eigenvalue weighted by Crippen LogP contribution is 2.21. The molecule has 182 valence electrons. The van der Waals surface area contributed by atoms with E-state index in [0.29, 0.717) is 35.7 Å². The summed E-state index contributed by atoms with van der Waals surface area (Å²) in [4.78, 5) is 30.6. The molecule has 1 aromatic heterocycles. The summed E-state index contributed by atoms with van der Waals surface area (Å²) in [6.45, 7) is 6.64. The van der Waals surface area contributed by atoms with Crippen LogP contribution in [0.25, 0.3) is 0 Å². The Bertz CT molecular complexity index is 1170. The summed E-state index contributed by atoms with van der Waals surface area (Å²) in [6.07, 6.45) is 0. The van der Waals surface area contributed by atoms with E-state index < -0.39 is 6.03 Å². The maximum atomic E-state index is 12.8. The summed E-state index contributed by atoms with van der Waals surface area (Å²) in [5.74, 6) is 1.53. The number of urea groups is 1. The number of hydrogen-bond acceptors (Lipinski definition) is 6. The van der Waals surface area contributed by atoms with Gasteiger partial charge in [-0.15, -0.1) is 0 Å². The van der Waals surface area contributed by atoms with Crippen LogP contribution in [0.5, 0.6) is 5.75 Å². The zero-order valence-electron chi connectivity index (χ0n) is 20.0. The fourth-order valence-electron chi connectivity index (χ4n) is 3.80. The number of nitrogens with zero attached hydrogens (tertiary/aromatic N) is 5. The average molecular weight is 494 g/mol. The van der Waals surface area contributed by atoms with Crippen LogP contribution in [0, 0.1) is 13.8 Å². The Labute approximate surface area is 209 Å². The average Bonchev–Trinajstić information content (AvgIpc) is 2.85. The number of guanidine groups is 1. The van der Waals surface area contributed by atoms with Gasteiger partial charge in [-0.25, -0.2) is 14.8 Å². The van der Waals surface area contributed by atoms with Crippen LogP contribution < -0.4 is 20.3 Å². The smallest absolute Gasteiger partial charge is 0.326 e. The second-order valence-electron chi connectivity index (χ2n) is 8.14. The Morgan fingerprint density at radius 2 is 1.60 bits per heavy atom. The Morgan fingerprint density at radius 1 is 0.971 bits per heavy atom. The van der Waals surface area contributed by atoms with Crippen molar-refractivity contribution >= 4 is 40.9 Å². The molecule has 3 aromatic rings. The van der Waals surface area contributed by atoms with Crippen LogP contribution in [0.4, 0.5) is 22.1 Å². The topological polar surface area (TPSA) is 95.0 Å². The third-order valence-corrected chi connectivity index (χ3v) is 5.77. The van der Waals surface area contributed by atoms with Gasteiger partial charge >= 0.3 is 6.03 Å². The van der Waals surface area contributed by atoms with E-state index in [2.05, 4.69) is 30.5 Å². The van der Waals surface area contributed by atoms with E-state index in [1.165, 1.54) is 0 Å². The van der Waals surface area contributed by atoms with Gasteiger partial charge in [-0.1, -0.05) is 11.6 Å². The number of benzene rings is 2. The summed E-state index contributed by atoms with van der Waals surface area (Å²) >= 11 is 5.94. The van der Waals surface area contributed by atoms with Gasteiger partial charge in [0.2, 0.25) is 5.96 Å². The number of amides is 2. The second-order valence-corrected chi connectivity index (χ2v) is 8.58. The van der Waals surface area contributed by atoms with Crippen molar-refractivity contribution in [2.24, 2.45) is 4.99 Å². The molecule has 2 heterocycles. The van der Waals surface area contributed by atoms with Gasteiger partial charge in [-0.2, -0.15) is 4.99 Å². The summed E-state index contributed by atoms with van der Waals surface area (Å²) in [5.41, 5.74) is 3.37. The zero-order valence-corrected chi connectivity index (χ0v) is 20.7. The lowest BCUT2D eigenvalue weighted by Crippen LogP contribution is -2.54. The molecule has 1 saturated heterocycles. The molecule has 0 unspecified atom stereocenters. The van der Waals surface area contributed by atoms with Crippen molar-refractivity contribution in [2.45, 2.75) is 13.8 Å². The third-order valence-electron chi connectivity index (χ3n) is 5.52. The highest BCUT2D eigenvalue weighted by Gasteiger charge is 2.22. The fraction of sp³-hybridized carbons (Fsp3) is 0.280. The molecule has 2 amide bonds. The number of aryl methyl sites for hydroxylation is 2. The van der Waals surface area contributed by atoms with Crippen molar-refractivity contribution in [1.29, 1.82) is 0 Å². The standard InChI is InChI=1S/C25H28ClN7O2/c1-17-16-18(2)28-23(27-17)30-24(31-25(34)29-20-6-4-19(26)5-7-20)33-14-12-32(13-15-33)21-8-10-22(35-3)11-9-21/h4-11,16H,12-15H2,1-3H3,(H2,27,28,29,30,31,34). The molecular weight excluding hydrogens is 466 g/mol. The first-order valence-electron chi connectivity index (χ1n) is 11.3. The number of ether oxygens (including phenoxy) is 1. The van der Waals surface area contributed by atoms with Gasteiger partial charge in [0.1, 0.15) is 5.75 Å². The van der Waals surface area contributed by atoms with Crippen LogP contribution in [-0.4, -0.2) is 60.1 Å². The van der Waals surface area contributed by atoms with Crippen molar-refractivity contribution in [3.05, 3.63) is 71.0 Å². The molecule has 1 aliphatic rings. The van der Waals surface area contributed by atoms with Crippen molar-refractivity contribution in [3.63, 3.8) is 0 Å². The number of hydrogen-bond donors (Lipinski definition) is 2. The van der Waals surface area contributed by atoms with Crippen LogP contribution >= 0.6 is 11.6 Å². The van der Waals surface area contributed by atoms with E-state index in [-0.39, 0.29) is 0 Å². The number of carbonyl (C=O) groups excluding carboxylic acids is 1. The predicted molar refractivity (Wildman–Crippen MR) is 139 cm³/mol. The van der Waals surface area contributed by atoms with E-state index in [0.717, 1.165) is 35.9 Å². The minimum atomic E-state index is -0.409. The van der Waals surface area contributed by atoms with Crippen LogP contribution in [0.1, 0.15) is 11.4 Å². The predicted octanol–water partition coefficient (Wildman–Crippen LogP) is 4.39. The Kier molecular flexibility index (Phi) is 7.67. The lowest BCUT2D eigenvalue weighted by atomic mass is 10.2. The van der Waals surface area contributed by atoms with Crippen LogP contribution in [0.3, 0.4) is 0 Å². The van der Waals surface area contributed by atoms with Crippen molar-refractivity contribution in [3.8, 4) is 5.75 Å². The van der Waals surface area contributed by atoms with Gasteiger partial charge in [-0.05, 0) is 68.4 Å². The Hall–Kier alpha value is -3.85. The van der Waals surface area contributed by atoms with Crippen LogP contribution in [0.15, 0.2) is 59.6 Å². The number of methoxy groups -OCH3 is 1. The van der Waals surface area contributed by atoms with E-state index in [1.807, 2.05) is 49.1 Å². The molecule has 1 aliphatic heterocycles. The van der Waals surface area contributed by atoms with Crippen molar-refractivity contribution in [2.75, 3.05) is 43.5 Å². The SMILES string of the molecule is COc1ccc(N2CCN(C(=Nc3nc(C)cc(C)n3)NC(=O)Nc3ccc(Cl)cc3)CC2)cc1. The number of carbonyl (C=O) groups is 1. The first-order chi connectivity index (χ1) is 16.9. The van der Waals surface area contributed by atoms with Gasteiger partial charge in [-0.3, -0.25) is 5.32 Å². The highest BCUT2D eigenvalue weighted by molar-refractivity contribution is 6.30. The molecule has 0 spiro atoms. The lowest BCUT2D eigenvalue weighted by molar-refractivity contribution is 0.254. The van der Waals surface area contributed by atoms with Gasteiger partial charge < -0.3 is 19.9 Å². The molecule has 0 bridgehead atoms. The normalized spacial score (nSPS) is 14.0. The van der Waals surface area contributed by atoms with E-state index in [1.54, 1.807) is 31.4 Å². The number of piperazine rings is 1. The van der Waals surface area contributed by atoms with Crippen LogP contribution in [0.2, 0.25) is 5.02 Å². The number of rotatable bonds is 4. The number of halogens is 1. The van der Waals surface area contributed by atoms with Gasteiger partial charge in [0.05, 0.1) is 7.11 Å². The minimum Gasteiger partial charge on any atom is -0.497 e. The summed E-state index contributed by atoms with van der Waals surface area (Å²) in [6, 6.07) is 16.4. The maximum absolute atomic E-state index is 12.8. The molecule has 9 nitrogen and oxygen atoms in total. The number of nitrogens with one attached hydrogen (secondary N) is 2. The molecule has 0 atom stereocenters. The quantitative estimate of drug-likeness (QED) is 0.413. The molecule has 4 rings (SSSR count). The molecule has 0 radical (unpaired) electrons. The molecule has 2 aromatic carbocycles. The van der Waals surface area contributed by atoms with E-state index in [4.69, 9.17) is 16.3 Å². The number of anilines is 2. The maximum Gasteiger partial charge on any atom is 0.326 e. The van der Waals surface area contributed by atoms with Crippen molar-refractivity contribution in [1.82, 2.24) is 20.2 Å². The van der Waals surface area contributed by atoms with E-state index >= 15 is 0 Å². The number of aromatic nitrogens is 2.